The molecule has 0 aliphatic heterocycles. The SMILES string of the molecule is COc1cc(NC(=O)C=Cc2ccc(-c3ccc(C)c(Cl)c3)o2)ccc1NC(=O)c1ccco1. The van der Waals surface area contributed by atoms with E-state index in [0.717, 1.165) is 11.1 Å². The first-order chi connectivity index (χ1) is 16.4. The lowest BCUT2D eigenvalue weighted by molar-refractivity contribution is -0.111. The minimum absolute atomic E-state index is 0.177. The number of ether oxygens (including phenoxy) is 1. The third-order valence-corrected chi connectivity index (χ3v) is 5.35. The number of hydrogen-bond donors (Lipinski definition) is 2. The van der Waals surface area contributed by atoms with Gasteiger partial charge < -0.3 is 24.2 Å². The summed E-state index contributed by atoms with van der Waals surface area (Å²) in [4.78, 5) is 24.6. The molecule has 0 fully saturated rings. The summed E-state index contributed by atoms with van der Waals surface area (Å²) in [5.74, 6) is 0.971. The molecule has 0 unspecified atom stereocenters. The molecule has 172 valence electrons. The second-order valence-corrected chi connectivity index (χ2v) is 7.74. The molecule has 0 spiro atoms. The molecule has 8 heteroatoms. The molecule has 2 heterocycles. The number of nitrogens with one attached hydrogen (secondary N) is 2. The Kier molecular flexibility index (Phi) is 6.85. The van der Waals surface area contributed by atoms with Crippen molar-refractivity contribution in [3.8, 4) is 17.1 Å². The third-order valence-electron chi connectivity index (χ3n) is 4.94. The van der Waals surface area contributed by atoms with Gasteiger partial charge in [-0.3, -0.25) is 9.59 Å². The maximum absolute atomic E-state index is 12.4. The second kappa shape index (κ2) is 10.1. The highest BCUT2D eigenvalue weighted by atomic mass is 35.5. The smallest absolute Gasteiger partial charge is 0.291 e. The van der Waals surface area contributed by atoms with Gasteiger partial charge in [0.25, 0.3) is 5.91 Å². The molecule has 4 rings (SSSR count). The van der Waals surface area contributed by atoms with Gasteiger partial charge in [0, 0.05) is 28.4 Å². The van der Waals surface area contributed by atoms with Crippen LogP contribution in [0.2, 0.25) is 5.02 Å². The molecule has 0 saturated carbocycles. The Morgan fingerprint density at radius 2 is 1.88 bits per heavy atom. The largest absolute Gasteiger partial charge is 0.494 e. The van der Waals surface area contributed by atoms with Crippen LogP contribution in [0.5, 0.6) is 5.75 Å². The topological polar surface area (TPSA) is 93.7 Å². The summed E-state index contributed by atoms with van der Waals surface area (Å²) >= 11 is 6.19. The minimum atomic E-state index is -0.409. The van der Waals surface area contributed by atoms with Gasteiger partial charge in [-0.2, -0.15) is 0 Å². The van der Waals surface area contributed by atoms with Crippen LogP contribution >= 0.6 is 11.6 Å². The first kappa shape index (κ1) is 22.9. The molecule has 34 heavy (non-hydrogen) atoms. The van der Waals surface area contributed by atoms with E-state index in [1.165, 1.54) is 19.4 Å². The zero-order valence-electron chi connectivity index (χ0n) is 18.4. The quantitative estimate of drug-likeness (QED) is 0.300. The van der Waals surface area contributed by atoms with Crippen molar-refractivity contribution in [3.05, 3.63) is 95.1 Å². The highest BCUT2D eigenvalue weighted by molar-refractivity contribution is 6.31. The average Bonchev–Trinajstić information content (AvgIpc) is 3.53. The molecule has 2 aromatic heterocycles. The normalized spacial score (nSPS) is 10.9. The zero-order valence-corrected chi connectivity index (χ0v) is 19.2. The van der Waals surface area contributed by atoms with Crippen molar-refractivity contribution in [2.45, 2.75) is 6.92 Å². The van der Waals surface area contributed by atoms with E-state index in [1.54, 1.807) is 42.5 Å². The molecule has 0 aliphatic rings. The van der Waals surface area contributed by atoms with Crippen LogP contribution in [0.1, 0.15) is 21.9 Å². The first-order valence-electron chi connectivity index (χ1n) is 10.3. The van der Waals surface area contributed by atoms with Crippen molar-refractivity contribution in [1.29, 1.82) is 0 Å². The number of furan rings is 2. The Balaban J connectivity index is 1.40. The van der Waals surface area contributed by atoms with Gasteiger partial charge >= 0.3 is 0 Å². The van der Waals surface area contributed by atoms with Gasteiger partial charge in [0.05, 0.1) is 19.1 Å². The van der Waals surface area contributed by atoms with Crippen LogP contribution in [-0.2, 0) is 4.79 Å². The molecule has 2 N–H and O–H groups in total. The van der Waals surface area contributed by atoms with Crippen molar-refractivity contribution in [1.82, 2.24) is 0 Å². The van der Waals surface area contributed by atoms with E-state index in [2.05, 4.69) is 10.6 Å². The molecule has 4 aromatic rings. The van der Waals surface area contributed by atoms with Crippen molar-refractivity contribution < 1.29 is 23.2 Å². The predicted octanol–water partition coefficient (Wildman–Crippen LogP) is 6.41. The molecule has 0 atom stereocenters. The molecular weight excluding hydrogens is 456 g/mol. The number of aryl methyl sites for hydroxylation is 1. The maximum atomic E-state index is 12.4. The van der Waals surface area contributed by atoms with Crippen LogP contribution in [0.4, 0.5) is 11.4 Å². The highest BCUT2D eigenvalue weighted by Gasteiger charge is 2.13. The van der Waals surface area contributed by atoms with Gasteiger partial charge in [0.15, 0.2) is 5.76 Å². The Bertz CT molecular complexity index is 1360. The lowest BCUT2D eigenvalue weighted by Crippen LogP contribution is -2.12. The summed E-state index contributed by atoms with van der Waals surface area (Å²) in [7, 11) is 1.47. The summed E-state index contributed by atoms with van der Waals surface area (Å²) in [6, 6.07) is 17.3. The standard InChI is InChI=1S/C26H21ClN2O5/c1-16-5-6-17(14-20(16)27)22-11-8-19(34-22)9-12-25(30)28-18-7-10-21(24(15-18)32-2)29-26(31)23-4-3-13-33-23/h3-15H,1-2H3,(H,28,30)(H,29,31). The summed E-state index contributed by atoms with van der Waals surface area (Å²) in [6.45, 7) is 1.93. The van der Waals surface area contributed by atoms with Gasteiger partial charge in [0.2, 0.25) is 5.91 Å². The number of methoxy groups -OCH3 is 1. The van der Waals surface area contributed by atoms with E-state index in [4.69, 9.17) is 25.2 Å². The van der Waals surface area contributed by atoms with Gasteiger partial charge in [-0.15, -0.1) is 0 Å². The Labute approximate surface area is 201 Å². The monoisotopic (exact) mass is 476 g/mol. The van der Waals surface area contributed by atoms with Gasteiger partial charge in [0.1, 0.15) is 17.3 Å². The van der Waals surface area contributed by atoms with Gasteiger partial charge in [-0.1, -0.05) is 23.7 Å². The molecular formula is C26H21ClN2O5. The minimum Gasteiger partial charge on any atom is -0.494 e. The van der Waals surface area contributed by atoms with E-state index in [-0.39, 0.29) is 11.7 Å². The van der Waals surface area contributed by atoms with Crippen molar-refractivity contribution in [3.63, 3.8) is 0 Å². The lowest BCUT2D eigenvalue weighted by Gasteiger charge is -2.11. The number of benzene rings is 2. The molecule has 2 aromatic carbocycles. The Morgan fingerprint density at radius 1 is 1.03 bits per heavy atom. The zero-order chi connectivity index (χ0) is 24.1. The van der Waals surface area contributed by atoms with Crippen LogP contribution in [-0.4, -0.2) is 18.9 Å². The van der Waals surface area contributed by atoms with E-state index < -0.39 is 5.91 Å². The fourth-order valence-corrected chi connectivity index (χ4v) is 3.33. The van der Waals surface area contributed by atoms with E-state index in [9.17, 15) is 9.59 Å². The lowest BCUT2D eigenvalue weighted by atomic mass is 10.1. The summed E-state index contributed by atoms with van der Waals surface area (Å²) in [5, 5.41) is 6.12. The molecule has 7 nitrogen and oxygen atoms in total. The number of hydrogen-bond acceptors (Lipinski definition) is 5. The molecule has 0 radical (unpaired) electrons. The maximum Gasteiger partial charge on any atom is 0.291 e. The predicted molar refractivity (Wildman–Crippen MR) is 131 cm³/mol. The van der Waals surface area contributed by atoms with Crippen molar-refractivity contribution in [2.75, 3.05) is 17.7 Å². The number of carbonyl (C=O) groups excluding carboxylic acids is 2. The van der Waals surface area contributed by atoms with Crippen LogP contribution in [0.3, 0.4) is 0 Å². The number of anilines is 2. The molecule has 0 aliphatic carbocycles. The van der Waals surface area contributed by atoms with Crippen LogP contribution in [0.15, 0.2) is 81.8 Å². The Hall–Kier alpha value is -4.23. The summed E-state index contributed by atoms with van der Waals surface area (Å²) in [6.07, 6.45) is 4.35. The van der Waals surface area contributed by atoms with Gasteiger partial charge in [-0.05, 0) is 61.0 Å². The fourth-order valence-electron chi connectivity index (χ4n) is 3.15. The van der Waals surface area contributed by atoms with Crippen molar-refractivity contribution >= 4 is 40.9 Å². The van der Waals surface area contributed by atoms with E-state index in [1.807, 2.05) is 31.2 Å². The summed E-state index contributed by atoms with van der Waals surface area (Å²) < 4.78 is 16.2. The molecule has 0 saturated heterocycles. The van der Waals surface area contributed by atoms with Crippen LogP contribution in [0, 0.1) is 6.92 Å². The molecule has 0 bridgehead atoms. The van der Waals surface area contributed by atoms with E-state index >= 15 is 0 Å². The molecule has 2 amide bonds. The number of rotatable bonds is 7. The highest BCUT2D eigenvalue weighted by Crippen LogP contribution is 2.29. The van der Waals surface area contributed by atoms with Gasteiger partial charge in [-0.25, -0.2) is 0 Å². The average molecular weight is 477 g/mol. The van der Waals surface area contributed by atoms with Crippen molar-refractivity contribution in [2.24, 2.45) is 0 Å². The van der Waals surface area contributed by atoms with Crippen LogP contribution in [0.25, 0.3) is 17.4 Å². The second-order valence-electron chi connectivity index (χ2n) is 7.34. The number of amides is 2. The number of halogens is 1. The van der Waals surface area contributed by atoms with Crippen LogP contribution < -0.4 is 15.4 Å². The Morgan fingerprint density at radius 3 is 2.62 bits per heavy atom. The summed E-state index contributed by atoms with van der Waals surface area (Å²) in [5.41, 5.74) is 2.78. The third kappa shape index (κ3) is 5.39. The first-order valence-corrected chi connectivity index (χ1v) is 10.7. The number of carbonyl (C=O) groups is 2. The fraction of sp³-hybridized carbons (Fsp3) is 0.0769. The van der Waals surface area contributed by atoms with E-state index in [0.29, 0.717) is 33.7 Å².